The van der Waals surface area contributed by atoms with Crippen LogP contribution in [0.2, 0.25) is 0 Å². The Kier molecular flexibility index (Phi) is 5.20. The molecule has 3 heterocycles. The maximum absolute atomic E-state index is 13.6. The summed E-state index contributed by atoms with van der Waals surface area (Å²) in [5.74, 6) is 0. The SMILES string of the molecule is Cc1ccc(S(=O)(=O)n2cc(-c3cc(C)c4nccc(-c5ccccc5)c4c3)c3cccnc32)cc1. The maximum Gasteiger partial charge on any atom is 0.269 e. The molecule has 6 rings (SSSR count). The Morgan fingerprint density at radius 2 is 1.47 bits per heavy atom. The van der Waals surface area contributed by atoms with Crippen LogP contribution in [0.25, 0.3) is 44.2 Å². The lowest BCUT2D eigenvalue weighted by Crippen LogP contribution is -2.12. The predicted molar refractivity (Wildman–Crippen MR) is 144 cm³/mol. The van der Waals surface area contributed by atoms with Crippen molar-refractivity contribution in [1.29, 1.82) is 0 Å². The van der Waals surface area contributed by atoms with Gasteiger partial charge in [-0.1, -0.05) is 48.0 Å². The summed E-state index contributed by atoms with van der Waals surface area (Å²) in [4.78, 5) is 9.33. The van der Waals surface area contributed by atoms with Crippen LogP contribution in [0, 0.1) is 13.8 Å². The van der Waals surface area contributed by atoms with Crippen molar-refractivity contribution in [2.75, 3.05) is 0 Å². The molecule has 3 aromatic heterocycles. The van der Waals surface area contributed by atoms with Crippen LogP contribution >= 0.6 is 0 Å². The lowest BCUT2D eigenvalue weighted by Gasteiger charge is -2.11. The maximum atomic E-state index is 13.6. The zero-order valence-corrected chi connectivity index (χ0v) is 20.7. The Balaban J connectivity index is 1.61. The van der Waals surface area contributed by atoms with E-state index >= 15 is 0 Å². The zero-order valence-electron chi connectivity index (χ0n) is 19.9. The Morgan fingerprint density at radius 1 is 0.694 bits per heavy atom. The first kappa shape index (κ1) is 22.2. The van der Waals surface area contributed by atoms with E-state index in [1.165, 1.54) is 3.97 Å². The molecular formula is C30H23N3O2S. The quantitative estimate of drug-likeness (QED) is 0.274. The summed E-state index contributed by atoms with van der Waals surface area (Å²) in [6.07, 6.45) is 5.14. The van der Waals surface area contributed by atoms with E-state index in [2.05, 4.69) is 34.2 Å². The van der Waals surface area contributed by atoms with Crippen LogP contribution in [0.5, 0.6) is 0 Å². The molecule has 0 unspecified atom stereocenters. The lowest BCUT2D eigenvalue weighted by atomic mass is 9.95. The zero-order chi connectivity index (χ0) is 24.9. The fraction of sp³-hybridized carbons (Fsp3) is 0.0667. The van der Waals surface area contributed by atoms with Gasteiger partial charge in [-0.2, -0.15) is 0 Å². The van der Waals surface area contributed by atoms with Gasteiger partial charge in [0.1, 0.15) is 0 Å². The molecule has 0 N–H and O–H groups in total. The van der Waals surface area contributed by atoms with E-state index in [1.807, 2.05) is 56.4 Å². The first-order valence-electron chi connectivity index (χ1n) is 11.7. The molecule has 0 fully saturated rings. The molecule has 0 atom stereocenters. The largest absolute Gasteiger partial charge is 0.269 e. The summed E-state index contributed by atoms with van der Waals surface area (Å²) in [5.41, 5.74) is 7.26. The van der Waals surface area contributed by atoms with Crippen molar-refractivity contribution in [1.82, 2.24) is 13.9 Å². The highest BCUT2D eigenvalue weighted by Crippen LogP contribution is 2.37. The number of rotatable bonds is 4. The van der Waals surface area contributed by atoms with Crippen LogP contribution in [-0.4, -0.2) is 22.4 Å². The highest BCUT2D eigenvalue weighted by Gasteiger charge is 2.23. The van der Waals surface area contributed by atoms with Gasteiger partial charge >= 0.3 is 0 Å². The number of hydrogen-bond acceptors (Lipinski definition) is 4. The Labute approximate surface area is 209 Å². The van der Waals surface area contributed by atoms with Crippen molar-refractivity contribution in [3.05, 3.63) is 115 Å². The molecule has 0 aliphatic rings. The molecule has 6 aromatic rings. The van der Waals surface area contributed by atoms with Gasteiger partial charge in [0.05, 0.1) is 10.4 Å². The molecule has 0 radical (unpaired) electrons. The van der Waals surface area contributed by atoms with E-state index in [9.17, 15) is 8.42 Å². The first-order chi connectivity index (χ1) is 17.4. The molecule has 0 saturated carbocycles. The van der Waals surface area contributed by atoms with E-state index in [4.69, 9.17) is 0 Å². The van der Waals surface area contributed by atoms with Crippen molar-refractivity contribution in [3.63, 3.8) is 0 Å². The minimum Gasteiger partial charge on any atom is -0.256 e. The average Bonchev–Trinajstić information content (AvgIpc) is 3.30. The van der Waals surface area contributed by atoms with E-state index in [1.54, 1.807) is 36.7 Å². The molecular weight excluding hydrogens is 466 g/mol. The molecule has 0 aliphatic carbocycles. The molecule has 0 saturated heterocycles. The number of aryl methyl sites for hydroxylation is 2. The molecule has 3 aromatic carbocycles. The molecule has 6 heteroatoms. The van der Waals surface area contributed by atoms with Crippen LogP contribution in [0.4, 0.5) is 0 Å². The third-order valence-electron chi connectivity index (χ3n) is 6.54. The molecule has 0 amide bonds. The first-order valence-corrected chi connectivity index (χ1v) is 13.1. The molecule has 176 valence electrons. The second kappa shape index (κ2) is 8.43. The second-order valence-electron chi connectivity index (χ2n) is 8.95. The summed E-state index contributed by atoms with van der Waals surface area (Å²) in [6, 6.07) is 27.0. The molecule has 0 spiro atoms. The Hall–Kier alpha value is -4.29. The number of fused-ring (bicyclic) bond motifs is 2. The third kappa shape index (κ3) is 3.58. The van der Waals surface area contributed by atoms with Gasteiger partial charge in [-0.25, -0.2) is 17.4 Å². The van der Waals surface area contributed by atoms with Crippen molar-refractivity contribution < 1.29 is 8.42 Å². The standard InChI is InChI=1S/C30H23N3O2S/c1-20-10-12-24(13-11-20)36(34,35)33-19-28(26-9-6-15-32-30(26)33)23-17-21(2)29-27(18-23)25(14-16-31-29)22-7-4-3-5-8-22/h3-19H,1-2H3. The fourth-order valence-corrected chi connectivity index (χ4v) is 6.05. The van der Waals surface area contributed by atoms with E-state index in [-0.39, 0.29) is 4.90 Å². The number of nitrogens with zero attached hydrogens (tertiary/aromatic N) is 3. The Morgan fingerprint density at radius 3 is 2.25 bits per heavy atom. The van der Waals surface area contributed by atoms with Crippen molar-refractivity contribution >= 4 is 32.0 Å². The average molecular weight is 490 g/mol. The number of benzene rings is 3. The number of pyridine rings is 2. The van der Waals surface area contributed by atoms with Gasteiger partial charge < -0.3 is 0 Å². The lowest BCUT2D eigenvalue weighted by molar-refractivity contribution is 0.589. The van der Waals surface area contributed by atoms with E-state index in [0.29, 0.717) is 5.65 Å². The van der Waals surface area contributed by atoms with E-state index in [0.717, 1.165) is 49.7 Å². The highest BCUT2D eigenvalue weighted by molar-refractivity contribution is 7.90. The summed E-state index contributed by atoms with van der Waals surface area (Å²) >= 11 is 0. The van der Waals surface area contributed by atoms with Crippen molar-refractivity contribution in [2.24, 2.45) is 0 Å². The molecule has 0 bridgehead atoms. The van der Waals surface area contributed by atoms with Gasteiger partial charge in [0.2, 0.25) is 0 Å². The Bertz CT molecular complexity index is 1860. The normalized spacial score (nSPS) is 11.8. The minimum absolute atomic E-state index is 0.229. The summed E-state index contributed by atoms with van der Waals surface area (Å²) < 4.78 is 28.6. The van der Waals surface area contributed by atoms with Crippen molar-refractivity contribution in [2.45, 2.75) is 18.7 Å². The molecule has 0 aliphatic heterocycles. The number of aromatic nitrogens is 3. The minimum atomic E-state index is -3.83. The van der Waals surface area contributed by atoms with E-state index < -0.39 is 10.0 Å². The van der Waals surface area contributed by atoms with Gasteiger partial charge in [-0.3, -0.25) is 4.98 Å². The van der Waals surface area contributed by atoms with Gasteiger partial charge in [0.25, 0.3) is 10.0 Å². The van der Waals surface area contributed by atoms with Gasteiger partial charge in [0.15, 0.2) is 5.65 Å². The topological polar surface area (TPSA) is 64.8 Å². The smallest absolute Gasteiger partial charge is 0.256 e. The summed E-state index contributed by atoms with van der Waals surface area (Å²) in [7, 11) is -3.83. The van der Waals surface area contributed by atoms with Gasteiger partial charge in [-0.05, 0) is 78.6 Å². The second-order valence-corrected chi connectivity index (χ2v) is 10.8. The van der Waals surface area contributed by atoms with Crippen LogP contribution in [-0.2, 0) is 10.0 Å². The third-order valence-corrected chi connectivity index (χ3v) is 8.21. The van der Waals surface area contributed by atoms with Crippen LogP contribution in [0.3, 0.4) is 0 Å². The van der Waals surface area contributed by atoms with Crippen LogP contribution in [0.15, 0.2) is 108 Å². The highest BCUT2D eigenvalue weighted by atomic mass is 32.2. The van der Waals surface area contributed by atoms with Crippen LogP contribution < -0.4 is 0 Å². The number of hydrogen-bond donors (Lipinski definition) is 0. The summed E-state index contributed by atoms with van der Waals surface area (Å²) in [6.45, 7) is 3.97. The summed E-state index contributed by atoms with van der Waals surface area (Å²) in [5, 5.41) is 1.79. The van der Waals surface area contributed by atoms with Gasteiger partial charge in [0, 0.05) is 34.9 Å². The fourth-order valence-electron chi connectivity index (χ4n) is 4.73. The monoisotopic (exact) mass is 489 g/mol. The predicted octanol–water partition coefficient (Wildman–Crippen LogP) is 6.77. The van der Waals surface area contributed by atoms with Crippen molar-refractivity contribution in [3.8, 4) is 22.3 Å². The van der Waals surface area contributed by atoms with Gasteiger partial charge in [-0.15, -0.1) is 0 Å². The van der Waals surface area contributed by atoms with Crippen LogP contribution in [0.1, 0.15) is 11.1 Å². The molecule has 5 nitrogen and oxygen atoms in total. The molecule has 36 heavy (non-hydrogen) atoms.